The molecule has 3 nitrogen and oxygen atoms in total. The van der Waals surface area contributed by atoms with Gasteiger partial charge in [-0.1, -0.05) is 6.07 Å². The average molecular weight is 239 g/mol. The highest BCUT2D eigenvalue weighted by Crippen LogP contribution is 2.28. The quantitative estimate of drug-likeness (QED) is 0.881. The largest absolute Gasteiger partial charge is 0.490 e. The summed E-state index contributed by atoms with van der Waals surface area (Å²) < 4.78 is 24.8. The van der Waals surface area contributed by atoms with Gasteiger partial charge in [0.25, 0.3) is 0 Å². The Morgan fingerprint density at radius 2 is 2.12 bits per heavy atom. The molecule has 1 aromatic carbocycles. The van der Waals surface area contributed by atoms with Crippen LogP contribution >= 0.6 is 0 Å². The van der Waals surface area contributed by atoms with E-state index < -0.39 is 0 Å². The highest BCUT2D eigenvalue weighted by molar-refractivity contribution is 5.37. The first-order valence-electron chi connectivity index (χ1n) is 5.97. The maximum Gasteiger partial charge on any atom is 0.131 e. The lowest BCUT2D eigenvalue weighted by molar-refractivity contribution is 0.0249. The minimum Gasteiger partial charge on any atom is -0.490 e. The van der Waals surface area contributed by atoms with Crippen LogP contribution in [0.15, 0.2) is 18.2 Å². The number of rotatable bonds is 3. The van der Waals surface area contributed by atoms with Crippen LogP contribution in [0.2, 0.25) is 0 Å². The predicted molar refractivity (Wildman–Crippen MR) is 63.5 cm³/mol. The van der Waals surface area contributed by atoms with Gasteiger partial charge in [-0.2, -0.15) is 0 Å². The maximum absolute atomic E-state index is 13.7. The molecular formula is C13H18FNO2. The molecule has 0 bridgehead atoms. The normalized spacial score (nSPS) is 19.0. The van der Waals surface area contributed by atoms with Crippen molar-refractivity contribution in [1.29, 1.82) is 0 Å². The minimum absolute atomic E-state index is 0.100. The number of nitrogens with two attached hydrogens (primary N) is 1. The molecule has 0 spiro atoms. The van der Waals surface area contributed by atoms with E-state index in [1.54, 1.807) is 19.1 Å². The first-order chi connectivity index (χ1) is 8.18. The number of hydrogen-bond acceptors (Lipinski definition) is 3. The summed E-state index contributed by atoms with van der Waals surface area (Å²) >= 11 is 0. The van der Waals surface area contributed by atoms with Gasteiger partial charge >= 0.3 is 0 Å². The molecule has 94 valence electrons. The van der Waals surface area contributed by atoms with Crippen molar-refractivity contribution in [3.63, 3.8) is 0 Å². The molecule has 1 heterocycles. The van der Waals surface area contributed by atoms with E-state index in [9.17, 15) is 4.39 Å². The molecule has 1 aromatic rings. The van der Waals surface area contributed by atoms with Crippen molar-refractivity contribution in [3.05, 3.63) is 29.6 Å². The van der Waals surface area contributed by atoms with Crippen molar-refractivity contribution < 1.29 is 13.9 Å². The molecule has 4 heteroatoms. The summed E-state index contributed by atoms with van der Waals surface area (Å²) in [6.45, 7) is 3.16. The van der Waals surface area contributed by atoms with Crippen LogP contribution in [-0.2, 0) is 4.74 Å². The van der Waals surface area contributed by atoms with Gasteiger partial charge in [-0.3, -0.25) is 0 Å². The molecule has 2 rings (SSSR count). The van der Waals surface area contributed by atoms with Crippen LogP contribution in [0.3, 0.4) is 0 Å². The van der Waals surface area contributed by atoms with E-state index in [0.717, 1.165) is 12.8 Å². The molecule has 1 saturated heterocycles. The second-order valence-corrected chi connectivity index (χ2v) is 4.37. The topological polar surface area (TPSA) is 44.5 Å². The van der Waals surface area contributed by atoms with E-state index in [1.807, 2.05) is 0 Å². The molecule has 1 atom stereocenters. The lowest BCUT2D eigenvalue weighted by atomic mass is 10.1. The van der Waals surface area contributed by atoms with Crippen molar-refractivity contribution in [2.45, 2.75) is 31.9 Å². The SMILES string of the molecule is CC(N)c1c(F)cccc1OC1CCOCC1. The van der Waals surface area contributed by atoms with Crippen LogP contribution in [0.1, 0.15) is 31.4 Å². The monoisotopic (exact) mass is 239 g/mol. The minimum atomic E-state index is -0.369. The fraction of sp³-hybridized carbons (Fsp3) is 0.538. The highest BCUT2D eigenvalue weighted by Gasteiger charge is 2.19. The van der Waals surface area contributed by atoms with Crippen molar-refractivity contribution in [3.8, 4) is 5.75 Å². The van der Waals surface area contributed by atoms with Crippen molar-refractivity contribution >= 4 is 0 Å². The lowest BCUT2D eigenvalue weighted by Gasteiger charge is -2.25. The summed E-state index contributed by atoms with van der Waals surface area (Å²) in [4.78, 5) is 0. The van der Waals surface area contributed by atoms with Gasteiger partial charge in [-0.05, 0) is 19.1 Å². The first kappa shape index (κ1) is 12.3. The van der Waals surface area contributed by atoms with Gasteiger partial charge in [0.1, 0.15) is 17.7 Å². The molecular weight excluding hydrogens is 221 g/mol. The summed E-state index contributed by atoms with van der Waals surface area (Å²) in [5.41, 5.74) is 6.23. The predicted octanol–water partition coefficient (Wildman–Crippen LogP) is 2.40. The van der Waals surface area contributed by atoms with Gasteiger partial charge in [-0.15, -0.1) is 0 Å². The second kappa shape index (κ2) is 5.47. The Balaban J connectivity index is 2.16. The molecule has 0 amide bonds. The van der Waals surface area contributed by atoms with Gasteiger partial charge in [0.05, 0.1) is 13.2 Å². The van der Waals surface area contributed by atoms with Crippen LogP contribution < -0.4 is 10.5 Å². The smallest absolute Gasteiger partial charge is 0.131 e. The molecule has 0 aliphatic carbocycles. The fourth-order valence-corrected chi connectivity index (χ4v) is 2.04. The zero-order valence-corrected chi connectivity index (χ0v) is 9.99. The van der Waals surface area contributed by atoms with Gasteiger partial charge in [0.2, 0.25) is 0 Å². The molecule has 1 unspecified atom stereocenters. The molecule has 1 fully saturated rings. The van der Waals surface area contributed by atoms with Crippen LogP contribution in [0, 0.1) is 5.82 Å². The Kier molecular flexibility index (Phi) is 3.97. The van der Waals surface area contributed by atoms with Crippen LogP contribution in [0.4, 0.5) is 4.39 Å². The summed E-state index contributed by atoms with van der Waals surface area (Å²) in [7, 11) is 0. The summed E-state index contributed by atoms with van der Waals surface area (Å²) in [5.74, 6) is 0.261. The van der Waals surface area contributed by atoms with Crippen LogP contribution in [-0.4, -0.2) is 19.3 Å². The zero-order chi connectivity index (χ0) is 12.3. The van der Waals surface area contributed by atoms with Gasteiger partial charge in [0, 0.05) is 24.4 Å². The van der Waals surface area contributed by atoms with E-state index in [2.05, 4.69) is 0 Å². The third-order valence-electron chi connectivity index (χ3n) is 2.93. The van der Waals surface area contributed by atoms with Gasteiger partial charge in [-0.25, -0.2) is 4.39 Å². The molecule has 2 N–H and O–H groups in total. The third-order valence-corrected chi connectivity index (χ3v) is 2.93. The van der Waals surface area contributed by atoms with Gasteiger partial charge < -0.3 is 15.2 Å². The summed E-state index contributed by atoms with van der Waals surface area (Å²) in [6, 6.07) is 4.47. The van der Waals surface area contributed by atoms with E-state index in [4.69, 9.17) is 15.2 Å². The molecule has 0 saturated carbocycles. The molecule has 0 aromatic heterocycles. The Hall–Kier alpha value is -1.13. The van der Waals surface area contributed by atoms with Crippen molar-refractivity contribution in [1.82, 2.24) is 0 Å². The molecule has 1 aliphatic rings. The molecule has 0 radical (unpaired) electrons. The molecule has 1 aliphatic heterocycles. The van der Waals surface area contributed by atoms with E-state index in [0.29, 0.717) is 24.5 Å². The lowest BCUT2D eigenvalue weighted by Crippen LogP contribution is -2.26. The van der Waals surface area contributed by atoms with Crippen LogP contribution in [0.25, 0.3) is 0 Å². The number of hydrogen-bond donors (Lipinski definition) is 1. The average Bonchev–Trinajstić information content (AvgIpc) is 2.30. The fourth-order valence-electron chi connectivity index (χ4n) is 2.04. The summed E-state index contributed by atoms with van der Waals surface area (Å²) in [6.07, 6.45) is 1.78. The van der Waals surface area contributed by atoms with E-state index in [-0.39, 0.29) is 18.0 Å². The number of ether oxygens (including phenoxy) is 2. The standard InChI is InChI=1S/C13H18FNO2/c1-9(15)13-11(14)3-2-4-12(13)17-10-5-7-16-8-6-10/h2-4,9-10H,5-8,15H2,1H3. The Morgan fingerprint density at radius 3 is 2.76 bits per heavy atom. The third kappa shape index (κ3) is 2.96. The van der Waals surface area contributed by atoms with E-state index >= 15 is 0 Å². The summed E-state index contributed by atoms with van der Waals surface area (Å²) in [5, 5.41) is 0. The van der Waals surface area contributed by atoms with E-state index in [1.165, 1.54) is 6.07 Å². The second-order valence-electron chi connectivity index (χ2n) is 4.37. The Morgan fingerprint density at radius 1 is 1.41 bits per heavy atom. The zero-order valence-electron chi connectivity index (χ0n) is 9.99. The first-order valence-corrected chi connectivity index (χ1v) is 5.97. The molecule has 17 heavy (non-hydrogen) atoms. The van der Waals surface area contributed by atoms with Crippen molar-refractivity contribution in [2.24, 2.45) is 5.73 Å². The highest BCUT2D eigenvalue weighted by atomic mass is 19.1. The number of benzene rings is 1. The Bertz CT molecular complexity index is 376. The Labute approximate surface area is 101 Å². The van der Waals surface area contributed by atoms with Gasteiger partial charge in [0.15, 0.2) is 0 Å². The maximum atomic E-state index is 13.7. The number of halogens is 1. The van der Waals surface area contributed by atoms with Crippen LogP contribution in [0.5, 0.6) is 5.75 Å². The van der Waals surface area contributed by atoms with Crippen molar-refractivity contribution in [2.75, 3.05) is 13.2 Å².